The van der Waals surface area contributed by atoms with Gasteiger partial charge in [0.25, 0.3) is 0 Å². The van der Waals surface area contributed by atoms with Crippen LogP contribution in [0.4, 0.5) is 4.79 Å². The molecule has 0 unspecified atom stereocenters. The summed E-state index contributed by atoms with van der Waals surface area (Å²) in [6, 6.07) is 3.79. The first-order valence-electron chi connectivity index (χ1n) is 11.6. The molecule has 1 aromatic heterocycles. The van der Waals surface area contributed by atoms with Crippen molar-refractivity contribution < 1.29 is 19.1 Å². The Hall–Kier alpha value is -2.64. The van der Waals surface area contributed by atoms with Gasteiger partial charge in [-0.25, -0.2) is 4.79 Å². The van der Waals surface area contributed by atoms with E-state index >= 15 is 0 Å². The van der Waals surface area contributed by atoms with E-state index in [1.165, 1.54) is 0 Å². The summed E-state index contributed by atoms with van der Waals surface area (Å²) in [4.78, 5) is 45.1. The summed E-state index contributed by atoms with van der Waals surface area (Å²) in [7, 11) is 0. The van der Waals surface area contributed by atoms with Crippen molar-refractivity contribution in [2.24, 2.45) is 11.8 Å². The summed E-state index contributed by atoms with van der Waals surface area (Å²) in [6.45, 7) is 8.59. The second-order valence-corrected chi connectivity index (χ2v) is 9.85. The minimum absolute atomic E-state index is 0.0483. The van der Waals surface area contributed by atoms with Crippen LogP contribution >= 0.6 is 0 Å². The van der Waals surface area contributed by atoms with Crippen molar-refractivity contribution in [1.29, 1.82) is 0 Å². The van der Waals surface area contributed by atoms with Crippen LogP contribution in [0.5, 0.6) is 0 Å². The van der Waals surface area contributed by atoms with Crippen LogP contribution in [-0.4, -0.2) is 64.5 Å². The molecule has 1 N–H and O–H groups in total. The predicted molar refractivity (Wildman–Crippen MR) is 121 cm³/mol. The lowest BCUT2D eigenvalue weighted by Gasteiger charge is -2.35. The van der Waals surface area contributed by atoms with Crippen LogP contribution in [0.2, 0.25) is 0 Å². The van der Waals surface area contributed by atoms with E-state index in [2.05, 4.69) is 10.3 Å². The van der Waals surface area contributed by atoms with Gasteiger partial charge in [0.05, 0.1) is 0 Å². The number of nitrogens with one attached hydrogen (secondary N) is 1. The second-order valence-electron chi connectivity index (χ2n) is 9.85. The fourth-order valence-corrected chi connectivity index (χ4v) is 4.25. The average molecular weight is 445 g/mol. The van der Waals surface area contributed by atoms with E-state index in [0.717, 1.165) is 18.4 Å². The van der Waals surface area contributed by atoms with Crippen molar-refractivity contribution in [2.45, 2.75) is 65.0 Å². The van der Waals surface area contributed by atoms with Gasteiger partial charge in [0, 0.05) is 57.5 Å². The summed E-state index contributed by atoms with van der Waals surface area (Å²) < 4.78 is 5.44. The third-order valence-corrected chi connectivity index (χ3v) is 6.14. The number of amides is 3. The lowest BCUT2D eigenvalue weighted by molar-refractivity contribution is -0.136. The summed E-state index contributed by atoms with van der Waals surface area (Å²) in [5, 5.41) is 2.98. The number of pyridine rings is 1. The van der Waals surface area contributed by atoms with Crippen LogP contribution in [0.1, 0.15) is 58.4 Å². The Kier molecular flexibility index (Phi) is 8.10. The number of hydrogen-bond acceptors (Lipinski definition) is 5. The monoisotopic (exact) mass is 444 g/mol. The molecule has 3 heterocycles. The predicted octanol–water partition coefficient (Wildman–Crippen LogP) is 2.97. The highest BCUT2D eigenvalue weighted by Gasteiger charge is 2.31. The number of carbonyl (C=O) groups excluding carboxylic acids is 3. The van der Waals surface area contributed by atoms with Gasteiger partial charge in [-0.15, -0.1) is 0 Å². The van der Waals surface area contributed by atoms with E-state index < -0.39 is 5.60 Å². The summed E-state index contributed by atoms with van der Waals surface area (Å²) >= 11 is 0. The van der Waals surface area contributed by atoms with Crippen molar-refractivity contribution >= 4 is 17.9 Å². The smallest absolute Gasteiger partial charge is 0.410 e. The van der Waals surface area contributed by atoms with Crippen LogP contribution in [0.25, 0.3) is 0 Å². The lowest BCUT2D eigenvalue weighted by Crippen LogP contribution is -2.45. The molecule has 0 radical (unpaired) electrons. The standard InChI is InChI=1S/C24H36N4O4/c1-24(2,3)32-23(31)28-11-6-18(7-12-28)15-21(29)27-13-8-20(9-14-27)22(30)26-17-19-5-4-10-25-16-19/h4-5,10,16,18,20H,6-9,11-15,17H2,1-3H3,(H,26,30). The number of nitrogens with zero attached hydrogens (tertiary/aromatic N) is 3. The van der Waals surface area contributed by atoms with E-state index in [4.69, 9.17) is 4.74 Å². The molecule has 2 fully saturated rings. The van der Waals surface area contributed by atoms with E-state index in [1.807, 2.05) is 37.8 Å². The van der Waals surface area contributed by atoms with Gasteiger partial charge in [0.1, 0.15) is 5.60 Å². The third-order valence-electron chi connectivity index (χ3n) is 6.14. The zero-order valence-electron chi connectivity index (χ0n) is 19.5. The lowest BCUT2D eigenvalue weighted by atomic mass is 9.91. The van der Waals surface area contributed by atoms with Crippen molar-refractivity contribution in [3.8, 4) is 0 Å². The molecule has 8 heteroatoms. The Balaban J connectivity index is 1.35. The quantitative estimate of drug-likeness (QED) is 0.754. The van der Waals surface area contributed by atoms with Gasteiger partial charge in [-0.3, -0.25) is 14.6 Å². The first-order valence-corrected chi connectivity index (χ1v) is 11.6. The van der Waals surface area contributed by atoms with Crippen LogP contribution in [0.15, 0.2) is 24.5 Å². The van der Waals surface area contributed by atoms with Crippen molar-refractivity contribution in [3.63, 3.8) is 0 Å². The molecule has 2 saturated heterocycles. The van der Waals surface area contributed by atoms with Crippen LogP contribution in [0, 0.1) is 11.8 Å². The molecule has 2 aliphatic rings. The van der Waals surface area contributed by atoms with E-state index in [-0.39, 0.29) is 23.8 Å². The minimum atomic E-state index is -0.494. The third kappa shape index (κ3) is 7.21. The fourth-order valence-electron chi connectivity index (χ4n) is 4.25. The largest absolute Gasteiger partial charge is 0.444 e. The summed E-state index contributed by atoms with van der Waals surface area (Å²) in [5.74, 6) is 0.458. The Labute approximate surface area is 190 Å². The van der Waals surface area contributed by atoms with E-state index in [9.17, 15) is 14.4 Å². The topological polar surface area (TPSA) is 91.8 Å². The number of carbonyl (C=O) groups is 3. The van der Waals surface area contributed by atoms with Gasteiger partial charge < -0.3 is 19.9 Å². The second kappa shape index (κ2) is 10.8. The number of piperidine rings is 2. The molecule has 32 heavy (non-hydrogen) atoms. The molecule has 3 rings (SSSR count). The van der Waals surface area contributed by atoms with Gasteiger partial charge in [-0.1, -0.05) is 6.07 Å². The molecule has 176 valence electrons. The van der Waals surface area contributed by atoms with Gasteiger partial charge in [0.15, 0.2) is 0 Å². The van der Waals surface area contributed by atoms with Crippen LogP contribution in [0.3, 0.4) is 0 Å². The van der Waals surface area contributed by atoms with Gasteiger partial charge in [-0.2, -0.15) is 0 Å². The van der Waals surface area contributed by atoms with E-state index in [1.54, 1.807) is 17.3 Å². The molecule has 0 saturated carbocycles. The summed E-state index contributed by atoms with van der Waals surface area (Å²) in [6.07, 6.45) is 6.73. The van der Waals surface area contributed by atoms with Crippen LogP contribution < -0.4 is 5.32 Å². The normalized spacial score (nSPS) is 18.3. The molecule has 2 aliphatic heterocycles. The Bertz CT molecular complexity index is 777. The molecular formula is C24H36N4O4. The number of ether oxygens (including phenoxy) is 1. The molecule has 0 atom stereocenters. The maximum Gasteiger partial charge on any atom is 0.410 e. The SMILES string of the molecule is CC(C)(C)OC(=O)N1CCC(CC(=O)N2CCC(C(=O)NCc3cccnc3)CC2)CC1. The molecule has 1 aromatic rings. The zero-order chi connectivity index (χ0) is 23.1. The van der Waals surface area contributed by atoms with Gasteiger partial charge in [-0.05, 0) is 64.0 Å². The molecule has 0 spiro atoms. The average Bonchev–Trinajstić information content (AvgIpc) is 2.77. The van der Waals surface area contributed by atoms with Crippen molar-refractivity contribution in [1.82, 2.24) is 20.1 Å². The Morgan fingerprint density at radius 2 is 1.72 bits per heavy atom. The molecule has 8 nitrogen and oxygen atoms in total. The van der Waals surface area contributed by atoms with Gasteiger partial charge >= 0.3 is 6.09 Å². The highest BCUT2D eigenvalue weighted by atomic mass is 16.6. The summed E-state index contributed by atoms with van der Waals surface area (Å²) in [5.41, 5.74) is 0.484. The molecule has 0 aromatic carbocycles. The maximum atomic E-state index is 12.8. The Morgan fingerprint density at radius 3 is 2.31 bits per heavy atom. The number of rotatable bonds is 5. The molecule has 3 amide bonds. The van der Waals surface area contributed by atoms with Crippen LogP contribution in [-0.2, 0) is 20.9 Å². The first kappa shape index (κ1) is 24.0. The first-order chi connectivity index (χ1) is 15.2. The highest BCUT2D eigenvalue weighted by Crippen LogP contribution is 2.25. The fraction of sp³-hybridized carbons (Fsp3) is 0.667. The molecular weight excluding hydrogens is 408 g/mol. The van der Waals surface area contributed by atoms with E-state index in [0.29, 0.717) is 57.9 Å². The zero-order valence-corrected chi connectivity index (χ0v) is 19.5. The van der Waals surface area contributed by atoms with Crippen molar-refractivity contribution in [3.05, 3.63) is 30.1 Å². The Morgan fingerprint density at radius 1 is 1.06 bits per heavy atom. The number of aromatic nitrogens is 1. The van der Waals surface area contributed by atoms with Gasteiger partial charge in [0.2, 0.25) is 11.8 Å². The number of likely N-dealkylation sites (tertiary alicyclic amines) is 2. The highest BCUT2D eigenvalue weighted by molar-refractivity contribution is 5.80. The molecule has 0 bridgehead atoms. The molecule has 0 aliphatic carbocycles. The number of hydrogen-bond donors (Lipinski definition) is 1. The maximum absolute atomic E-state index is 12.8. The minimum Gasteiger partial charge on any atom is -0.444 e. The van der Waals surface area contributed by atoms with Crippen molar-refractivity contribution in [2.75, 3.05) is 26.2 Å².